The van der Waals surface area contributed by atoms with Crippen LogP contribution in [0.3, 0.4) is 0 Å². The monoisotopic (exact) mass is 437 g/mol. The quantitative estimate of drug-likeness (QED) is 0.504. The summed E-state index contributed by atoms with van der Waals surface area (Å²) in [4.78, 5) is 12.0. The van der Waals surface area contributed by atoms with Gasteiger partial charge in [0.1, 0.15) is 0 Å². The van der Waals surface area contributed by atoms with Gasteiger partial charge in [-0.15, -0.1) is 0 Å². The zero-order valence-electron chi connectivity index (χ0n) is 16.3. The lowest BCUT2D eigenvalue weighted by atomic mass is 9.69. The SMILES string of the molecule is CC[C@H]1C[C@](O)(C(F)(F)F)[C@@H](Nc2cccc3c(=O)occc23)c2ccc(F)c(O)c21. The summed E-state index contributed by atoms with van der Waals surface area (Å²) in [6.45, 7) is 1.60. The van der Waals surface area contributed by atoms with Crippen molar-refractivity contribution in [2.45, 2.75) is 43.5 Å². The van der Waals surface area contributed by atoms with Crippen LogP contribution in [0.4, 0.5) is 23.2 Å². The van der Waals surface area contributed by atoms with E-state index in [1.165, 1.54) is 24.3 Å². The van der Waals surface area contributed by atoms with Gasteiger partial charge >= 0.3 is 11.8 Å². The van der Waals surface area contributed by atoms with Gasteiger partial charge in [0, 0.05) is 16.6 Å². The second-order valence-corrected chi connectivity index (χ2v) is 7.68. The van der Waals surface area contributed by atoms with Crippen molar-refractivity contribution < 1.29 is 32.2 Å². The maximum atomic E-state index is 14.1. The molecule has 4 rings (SSSR count). The summed E-state index contributed by atoms with van der Waals surface area (Å²) in [5.41, 5.74) is -3.73. The lowest BCUT2D eigenvalue weighted by Gasteiger charge is -2.45. The Bertz CT molecular complexity index is 1210. The average molecular weight is 437 g/mol. The van der Waals surface area contributed by atoms with Gasteiger partial charge in [-0.3, -0.25) is 0 Å². The van der Waals surface area contributed by atoms with Crippen molar-refractivity contribution >= 4 is 16.5 Å². The first kappa shape index (κ1) is 21.2. The standard InChI is InChI=1S/C22H19F4NO4/c1-2-11-10-21(30,22(24,25)26)19(14-6-7-15(23)18(28)17(11)14)27-16-5-3-4-13-12(16)8-9-31-20(13)29/h3-9,11,19,27-28,30H,2,10H2,1H3/t11-,19-,21+/m0/s1. The smallest absolute Gasteiger partial charge is 0.419 e. The van der Waals surface area contributed by atoms with Gasteiger partial charge in [0.15, 0.2) is 17.2 Å². The van der Waals surface area contributed by atoms with E-state index in [1.807, 2.05) is 0 Å². The molecule has 31 heavy (non-hydrogen) atoms. The lowest BCUT2D eigenvalue weighted by Crippen LogP contribution is -2.55. The molecule has 1 aliphatic rings. The number of nitrogens with one attached hydrogen (secondary N) is 1. The van der Waals surface area contributed by atoms with Crippen molar-refractivity contribution in [3.8, 4) is 5.75 Å². The molecule has 0 fully saturated rings. The van der Waals surface area contributed by atoms with Crippen LogP contribution in [0.2, 0.25) is 0 Å². The maximum Gasteiger partial charge on any atom is 0.419 e. The number of alkyl halides is 3. The summed E-state index contributed by atoms with van der Waals surface area (Å²) in [7, 11) is 0. The maximum absolute atomic E-state index is 14.1. The molecule has 1 aromatic heterocycles. The molecule has 0 unspecified atom stereocenters. The number of halogens is 4. The van der Waals surface area contributed by atoms with Crippen LogP contribution in [0.5, 0.6) is 5.75 Å². The molecule has 0 amide bonds. The molecule has 0 spiro atoms. The van der Waals surface area contributed by atoms with Crippen molar-refractivity contribution in [3.63, 3.8) is 0 Å². The van der Waals surface area contributed by atoms with E-state index in [0.717, 1.165) is 18.4 Å². The number of anilines is 1. The fraction of sp³-hybridized carbons (Fsp3) is 0.318. The third kappa shape index (κ3) is 3.23. The minimum absolute atomic E-state index is 0.0358. The normalized spacial score (nSPS) is 23.5. The van der Waals surface area contributed by atoms with Crippen molar-refractivity contribution in [3.05, 3.63) is 70.0 Å². The molecule has 2 aromatic carbocycles. The Morgan fingerprint density at radius 3 is 2.61 bits per heavy atom. The predicted molar refractivity (Wildman–Crippen MR) is 106 cm³/mol. The number of benzene rings is 2. The topological polar surface area (TPSA) is 82.7 Å². The zero-order chi connectivity index (χ0) is 22.6. The van der Waals surface area contributed by atoms with Crippen LogP contribution < -0.4 is 10.9 Å². The van der Waals surface area contributed by atoms with Crippen molar-refractivity contribution in [2.24, 2.45) is 0 Å². The molecule has 0 radical (unpaired) electrons. The number of phenols is 1. The van der Waals surface area contributed by atoms with E-state index in [4.69, 9.17) is 4.42 Å². The second-order valence-electron chi connectivity index (χ2n) is 7.68. The van der Waals surface area contributed by atoms with Crippen LogP contribution in [0.1, 0.15) is 42.9 Å². The summed E-state index contributed by atoms with van der Waals surface area (Å²) < 4.78 is 61.3. The molecule has 0 bridgehead atoms. The minimum Gasteiger partial charge on any atom is -0.505 e. The molecule has 5 nitrogen and oxygen atoms in total. The third-order valence-corrected chi connectivity index (χ3v) is 5.98. The highest BCUT2D eigenvalue weighted by atomic mass is 19.4. The van der Waals surface area contributed by atoms with Gasteiger partial charge in [0.05, 0.1) is 17.7 Å². The number of aromatic hydroxyl groups is 1. The van der Waals surface area contributed by atoms with Crippen LogP contribution in [0, 0.1) is 5.82 Å². The van der Waals surface area contributed by atoms with Gasteiger partial charge in [-0.1, -0.05) is 19.1 Å². The van der Waals surface area contributed by atoms with Gasteiger partial charge in [-0.05, 0) is 48.6 Å². The Morgan fingerprint density at radius 1 is 1.19 bits per heavy atom. The fourth-order valence-electron chi connectivity index (χ4n) is 4.39. The Hall–Kier alpha value is -3.07. The molecule has 9 heteroatoms. The van der Waals surface area contributed by atoms with Crippen LogP contribution in [0.25, 0.3) is 10.8 Å². The summed E-state index contributed by atoms with van der Waals surface area (Å²) in [6, 6.07) is 6.07. The predicted octanol–water partition coefficient (Wildman–Crippen LogP) is 4.98. The van der Waals surface area contributed by atoms with E-state index in [2.05, 4.69) is 5.32 Å². The van der Waals surface area contributed by atoms with Gasteiger partial charge < -0.3 is 19.9 Å². The van der Waals surface area contributed by atoms with Crippen LogP contribution in [0.15, 0.2) is 51.9 Å². The van der Waals surface area contributed by atoms with E-state index in [9.17, 15) is 32.6 Å². The number of hydrogen-bond acceptors (Lipinski definition) is 5. The molecule has 1 aliphatic carbocycles. The largest absolute Gasteiger partial charge is 0.505 e. The molecule has 0 saturated carbocycles. The Labute approximate surface area is 173 Å². The van der Waals surface area contributed by atoms with Crippen LogP contribution in [-0.4, -0.2) is 22.0 Å². The number of rotatable bonds is 3. The highest BCUT2D eigenvalue weighted by Crippen LogP contribution is 2.55. The molecule has 1 heterocycles. The Morgan fingerprint density at radius 2 is 1.94 bits per heavy atom. The number of aliphatic hydroxyl groups is 1. The van der Waals surface area contributed by atoms with Crippen molar-refractivity contribution in [1.82, 2.24) is 0 Å². The first-order valence-corrected chi connectivity index (χ1v) is 9.66. The number of phenolic OH excluding ortho intramolecular Hbond substituents is 1. The molecule has 164 valence electrons. The molecule has 3 atom stereocenters. The highest BCUT2D eigenvalue weighted by molar-refractivity contribution is 5.93. The van der Waals surface area contributed by atoms with E-state index in [1.54, 1.807) is 6.92 Å². The second kappa shape index (κ2) is 7.26. The third-order valence-electron chi connectivity index (χ3n) is 5.98. The lowest BCUT2D eigenvalue weighted by molar-refractivity contribution is -0.272. The molecule has 3 N–H and O–H groups in total. The Balaban J connectivity index is 1.95. The molecule has 3 aromatic rings. The zero-order valence-corrected chi connectivity index (χ0v) is 16.3. The van der Waals surface area contributed by atoms with Gasteiger partial charge in [-0.25, -0.2) is 9.18 Å². The summed E-state index contributed by atoms with van der Waals surface area (Å²) in [6.07, 6.45) is -4.51. The molecule has 0 saturated heterocycles. The summed E-state index contributed by atoms with van der Waals surface area (Å²) in [5, 5.41) is 24.4. The molecular formula is C22H19F4NO4. The number of hydrogen-bond donors (Lipinski definition) is 3. The summed E-state index contributed by atoms with van der Waals surface area (Å²) >= 11 is 0. The van der Waals surface area contributed by atoms with E-state index in [0.29, 0.717) is 5.39 Å². The van der Waals surface area contributed by atoms with Crippen LogP contribution >= 0.6 is 0 Å². The van der Waals surface area contributed by atoms with Gasteiger partial charge in [-0.2, -0.15) is 13.2 Å². The van der Waals surface area contributed by atoms with Gasteiger partial charge in [0.2, 0.25) is 0 Å². The van der Waals surface area contributed by atoms with E-state index >= 15 is 0 Å². The van der Waals surface area contributed by atoms with E-state index < -0.39 is 47.4 Å². The molecule has 0 aliphatic heterocycles. The first-order valence-electron chi connectivity index (χ1n) is 9.66. The summed E-state index contributed by atoms with van der Waals surface area (Å²) in [5.74, 6) is -2.58. The average Bonchev–Trinajstić information content (AvgIpc) is 2.72. The highest BCUT2D eigenvalue weighted by Gasteiger charge is 2.62. The fourth-order valence-corrected chi connectivity index (χ4v) is 4.39. The van der Waals surface area contributed by atoms with Crippen molar-refractivity contribution in [2.75, 3.05) is 5.32 Å². The first-order chi connectivity index (χ1) is 14.6. The Kier molecular flexibility index (Phi) is 4.96. The number of fused-ring (bicyclic) bond motifs is 2. The van der Waals surface area contributed by atoms with Crippen molar-refractivity contribution in [1.29, 1.82) is 0 Å². The van der Waals surface area contributed by atoms with E-state index in [-0.39, 0.29) is 28.6 Å². The van der Waals surface area contributed by atoms with Gasteiger partial charge in [0.25, 0.3) is 0 Å². The molecular weight excluding hydrogens is 418 g/mol. The van der Waals surface area contributed by atoms with Crippen LogP contribution in [-0.2, 0) is 0 Å². The minimum atomic E-state index is -5.02.